The second-order valence-electron chi connectivity index (χ2n) is 18.8. The van der Waals surface area contributed by atoms with Gasteiger partial charge in [0, 0.05) is 45.9 Å². The van der Waals surface area contributed by atoms with Gasteiger partial charge >= 0.3 is 0 Å². The van der Waals surface area contributed by atoms with Crippen LogP contribution in [-0.2, 0) is 20.9 Å². The van der Waals surface area contributed by atoms with Crippen LogP contribution in [0.5, 0.6) is 5.75 Å². The molecule has 0 radical (unpaired) electrons. The zero-order chi connectivity index (χ0) is 49.4. The van der Waals surface area contributed by atoms with Crippen molar-refractivity contribution in [1.82, 2.24) is 45.1 Å². The molecule has 4 aromatic heterocycles. The summed E-state index contributed by atoms with van der Waals surface area (Å²) in [6.45, 7) is 17.2. The molecule has 362 valence electrons. The number of amides is 3. The van der Waals surface area contributed by atoms with E-state index in [1.54, 1.807) is 38.5 Å². The Hall–Kier alpha value is -6.49. The van der Waals surface area contributed by atoms with Crippen molar-refractivity contribution in [3.8, 4) is 32.3 Å². The number of benzene rings is 3. The van der Waals surface area contributed by atoms with E-state index < -0.39 is 18.1 Å². The summed E-state index contributed by atoms with van der Waals surface area (Å²) in [6, 6.07) is 21.7. The highest BCUT2D eigenvalue weighted by molar-refractivity contribution is 7.15. The molecule has 2 aliphatic heterocycles. The van der Waals surface area contributed by atoms with Crippen molar-refractivity contribution < 1.29 is 19.1 Å². The normalized spacial score (nSPS) is 17.4. The summed E-state index contributed by atoms with van der Waals surface area (Å²) in [5, 5.41) is 21.4. The number of nitrogens with zero attached hydrogens (tertiary/aromatic N) is 8. The molecule has 0 spiro atoms. The Kier molecular flexibility index (Phi) is 14.2. The lowest BCUT2D eigenvalue weighted by Crippen LogP contribution is -2.48. The molecule has 0 bridgehead atoms. The Morgan fingerprint density at radius 1 is 0.914 bits per heavy atom. The van der Waals surface area contributed by atoms with Crippen LogP contribution < -0.4 is 15.4 Å². The van der Waals surface area contributed by atoms with Crippen molar-refractivity contribution in [2.75, 3.05) is 13.1 Å². The molecule has 1 saturated heterocycles. The third-order valence-electron chi connectivity index (χ3n) is 13.1. The Labute approximate surface area is 421 Å². The molecule has 2 aliphatic rings. The first-order valence-electron chi connectivity index (χ1n) is 23.6. The molecule has 3 aromatic carbocycles. The van der Waals surface area contributed by atoms with Crippen LogP contribution in [0.1, 0.15) is 97.1 Å². The van der Waals surface area contributed by atoms with Gasteiger partial charge < -0.3 is 20.3 Å². The average molecular weight is 998 g/mol. The number of hydrogen-bond acceptors (Lipinski definition) is 11. The number of halogens is 1. The maximum Gasteiger partial charge on any atom is 0.248 e. The fourth-order valence-corrected chi connectivity index (χ4v) is 11.5. The minimum Gasteiger partial charge on any atom is -0.489 e. The standard InChI is InChI=1S/C53H57ClN10O4S2/c1-29(2)48(52(67)62-26-30(3)20-44(62)51(66)56-24-36-12-14-38(15-13-36)49-33(6)57-28-69-49)63-27-40(25-58-63)39-10-9-11-42(21-39)68-31(4)23-55-45(65)22-43-50-61-60-35(8)64(50)53-46(32(5)34(7)70-53)47(59-43)37-16-18-41(54)19-17-37/h9-19,21,25,27-31,43-44,48H,20,22-24,26H2,1-8H3,(H,55,65)(H,56,66)/t30-,31-,43+,44+,48-/m1/s1. The van der Waals surface area contributed by atoms with E-state index in [2.05, 4.69) is 58.7 Å². The lowest BCUT2D eigenvalue weighted by atomic mass is 9.99. The second kappa shape index (κ2) is 20.5. The molecule has 9 rings (SSSR count). The van der Waals surface area contributed by atoms with Crippen molar-refractivity contribution >= 4 is 57.7 Å². The van der Waals surface area contributed by atoms with Crippen LogP contribution in [0.3, 0.4) is 0 Å². The molecular formula is C53H57ClN10O4S2. The maximum atomic E-state index is 14.5. The number of aryl methyl sites for hydroxylation is 3. The fourth-order valence-electron chi connectivity index (χ4n) is 9.37. The smallest absolute Gasteiger partial charge is 0.248 e. The average Bonchev–Trinajstić information content (AvgIpc) is 4.19. The molecule has 17 heteroatoms. The number of aromatic nitrogens is 6. The summed E-state index contributed by atoms with van der Waals surface area (Å²) in [5.41, 5.74) is 10.4. The van der Waals surface area contributed by atoms with Gasteiger partial charge in [-0.05, 0) is 99.4 Å². The highest BCUT2D eigenvalue weighted by Gasteiger charge is 2.42. The Bertz CT molecular complexity index is 3080. The number of rotatable bonds is 15. The molecule has 70 heavy (non-hydrogen) atoms. The van der Waals surface area contributed by atoms with Gasteiger partial charge in [-0.3, -0.25) is 28.6 Å². The van der Waals surface area contributed by atoms with Crippen molar-refractivity contribution in [1.29, 1.82) is 0 Å². The van der Waals surface area contributed by atoms with Gasteiger partial charge in [-0.15, -0.1) is 32.9 Å². The Balaban J connectivity index is 0.831. The zero-order valence-corrected chi connectivity index (χ0v) is 43.0. The van der Waals surface area contributed by atoms with Crippen LogP contribution in [0.25, 0.3) is 26.6 Å². The summed E-state index contributed by atoms with van der Waals surface area (Å²) < 4.78 is 10.1. The van der Waals surface area contributed by atoms with Gasteiger partial charge in [-0.25, -0.2) is 4.98 Å². The first-order chi connectivity index (χ1) is 33.6. The predicted molar refractivity (Wildman–Crippen MR) is 276 cm³/mol. The van der Waals surface area contributed by atoms with E-state index in [-0.39, 0.29) is 48.6 Å². The van der Waals surface area contributed by atoms with E-state index in [0.29, 0.717) is 36.1 Å². The minimum absolute atomic E-state index is 0.0585. The number of nitrogens with one attached hydrogen (secondary N) is 2. The molecule has 2 N–H and O–H groups in total. The summed E-state index contributed by atoms with van der Waals surface area (Å²) in [4.78, 5) is 55.6. The molecule has 7 aromatic rings. The largest absolute Gasteiger partial charge is 0.489 e. The van der Waals surface area contributed by atoms with Crippen molar-refractivity contribution in [2.24, 2.45) is 16.8 Å². The number of thiazole rings is 1. The summed E-state index contributed by atoms with van der Waals surface area (Å²) in [6.07, 6.45) is 3.91. The van der Waals surface area contributed by atoms with Gasteiger partial charge in [0.2, 0.25) is 17.7 Å². The van der Waals surface area contributed by atoms with E-state index >= 15 is 0 Å². The van der Waals surface area contributed by atoms with E-state index in [4.69, 9.17) is 26.4 Å². The minimum atomic E-state index is -0.616. The topological polar surface area (TPSA) is 162 Å². The summed E-state index contributed by atoms with van der Waals surface area (Å²) in [7, 11) is 0. The molecular weight excluding hydrogens is 940 g/mol. The molecule has 3 amide bonds. The Morgan fingerprint density at radius 2 is 1.67 bits per heavy atom. The third kappa shape index (κ3) is 10.1. The number of carbonyl (C=O) groups is 3. The molecule has 5 atom stereocenters. The van der Waals surface area contributed by atoms with E-state index in [9.17, 15) is 14.4 Å². The molecule has 0 aliphatic carbocycles. The lowest BCUT2D eigenvalue weighted by molar-refractivity contribution is -0.142. The fraction of sp³-hybridized carbons (Fsp3) is 0.358. The molecule has 0 saturated carbocycles. The Morgan fingerprint density at radius 3 is 2.40 bits per heavy atom. The van der Waals surface area contributed by atoms with Gasteiger partial charge in [-0.2, -0.15) is 5.10 Å². The van der Waals surface area contributed by atoms with Gasteiger partial charge in [-0.1, -0.05) is 80.9 Å². The highest BCUT2D eigenvalue weighted by Crippen LogP contribution is 2.40. The van der Waals surface area contributed by atoms with Gasteiger partial charge in [0.25, 0.3) is 0 Å². The monoisotopic (exact) mass is 996 g/mol. The SMILES string of the molecule is Cc1ncsc1-c1ccc(CNC(=O)[C@@H]2C[C@@H](C)CN2C(=O)[C@@H](C(C)C)n2cc(-c3cccc(O[C@H](C)CNC(=O)C[C@@H]4N=C(c5ccc(Cl)cc5)c5c(sc(C)c5C)-n5c(C)nnc54)c3)cn2)cc1. The van der Waals surface area contributed by atoms with Gasteiger partial charge in [0.15, 0.2) is 5.82 Å². The van der Waals surface area contributed by atoms with E-state index in [1.165, 1.54) is 4.88 Å². The van der Waals surface area contributed by atoms with Crippen molar-refractivity contribution in [2.45, 2.75) is 99.0 Å². The van der Waals surface area contributed by atoms with Crippen LogP contribution >= 0.6 is 34.3 Å². The first-order valence-corrected chi connectivity index (χ1v) is 25.7. The highest BCUT2D eigenvalue weighted by atomic mass is 35.5. The predicted octanol–water partition coefficient (Wildman–Crippen LogP) is 9.82. The third-order valence-corrected chi connectivity index (χ3v) is 15.5. The quantitative estimate of drug-likeness (QED) is 0.103. The van der Waals surface area contributed by atoms with Crippen LogP contribution in [-0.4, -0.2) is 83.1 Å². The number of thiophene rings is 1. The lowest BCUT2D eigenvalue weighted by Gasteiger charge is -2.30. The summed E-state index contributed by atoms with van der Waals surface area (Å²) in [5.74, 6) is 1.55. The maximum absolute atomic E-state index is 14.5. The molecule has 0 unspecified atom stereocenters. The van der Waals surface area contributed by atoms with Crippen LogP contribution in [0, 0.1) is 39.5 Å². The van der Waals surface area contributed by atoms with Crippen molar-refractivity contribution in [3.05, 3.63) is 140 Å². The number of ether oxygens (including phenoxy) is 1. The van der Waals surface area contributed by atoms with Crippen LogP contribution in [0.15, 0.2) is 95.7 Å². The van der Waals surface area contributed by atoms with Gasteiger partial charge in [0.05, 0.1) is 41.0 Å². The number of likely N-dealkylation sites (tertiary alicyclic amines) is 1. The molecule has 14 nitrogen and oxygen atoms in total. The number of carbonyl (C=O) groups excluding carboxylic acids is 3. The first kappa shape index (κ1) is 48.5. The van der Waals surface area contributed by atoms with Gasteiger partial charge in [0.1, 0.15) is 40.8 Å². The molecule has 6 heterocycles. The van der Waals surface area contributed by atoms with Crippen molar-refractivity contribution in [3.63, 3.8) is 0 Å². The van der Waals surface area contributed by atoms with E-state index in [0.717, 1.165) is 66.1 Å². The summed E-state index contributed by atoms with van der Waals surface area (Å²) >= 11 is 9.56. The second-order valence-corrected chi connectivity index (χ2v) is 21.3. The molecule has 1 fully saturated rings. The number of aliphatic imine (C=N–C) groups is 1. The number of hydrogen-bond donors (Lipinski definition) is 2. The number of fused-ring (bicyclic) bond motifs is 3. The van der Waals surface area contributed by atoms with Crippen LogP contribution in [0.4, 0.5) is 0 Å². The zero-order valence-electron chi connectivity index (χ0n) is 40.6. The van der Waals surface area contributed by atoms with Crippen LogP contribution in [0.2, 0.25) is 5.02 Å². The van der Waals surface area contributed by atoms with E-state index in [1.807, 2.05) is 112 Å².